The average molecular weight is 158 g/mol. The number of nitrogens with one attached hydrogen (secondary N) is 2. The molecule has 0 bridgehead atoms. The van der Waals surface area contributed by atoms with Crippen LogP contribution >= 0.6 is 0 Å². The largest absolute Gasteiger partial charge is 0.352 e. The van der Waals surface area contributed by atoms with Gasteiger partial charge in [-0.1, -0.05) is 0 Å². The Morgan fingerprint density at radius 3 is 2.27 bits per heavy atom. The molecule has 0 aliphatic carbocycles. The van der Waals surface area contributed by atoms with Gasteiger partial charge in [-0.05, 0) is 20.8 Å². The highest BCUT2D eigenvalue weighted by molar-refractivity contribution is 5.83. The molecule has 2 N–H and O–H groups in total. The van der Waals surface area contributed by atoms with Crippen molar-refractivity contribution >= 4 is 12.3 Å². The van der Waals surface area contributed by atoms with Gasteiger partial charge in [-0.15, -0.1) is 0 Å². The molecule has 0 rings (SSSR count). The first-order valence-electron chi connectivity index (χ1n) is 3.58. The minimum absolute atomic E-state index is 0.110. The molecule has 0 aliphatic heterocycles. The second kappa shape index (κ2) is 4.71. The van der Waals surface area contributed by atoms with Gasteiger partial charge in [-0.3, -0.25) is 9.59 Å². The Kier molecular flexibility index (Phi) is 4.26. The SMILES string of the molecule is CC(C)NC(=O)[C@H](C)NC=O. The Labute approximate surface area is 66.4 Å². The monoisotopic (exact) mass is 158 g/mol. The smallest absolute Gasteiger partial charge is 0.242 e. The lowest BCUT2D eigenvalue weighted by atomic mass is 10.3. The summed E-state index contributed by atoms with van der Waals surface area (Å²) in [6.45, 7) is 5.36. The van der Waals surface area contributed by atoms with E-state index in [1.54, 1.807) is 6.92 Å². The Bertz CT molecular complexity index is 145. The fraction of sp³-hybridized carbons (Fsp3) is 0.714. The lowest BCUT2D eigenvalue weighted by Crippen LogP contribution is -2.44. The van der Waals surface area contributed by atoms with Crippen molar-refractivity contribution in [1.82, 2.24) is 10.6 Å². The molecule has 0 aromatic rings. The zero-order chi connectivity index (χ0) is 8.85. The molecule has 0 radical (unpaired) electrons. The highest BCUT2D eigenvalue weighted by Crippen LogP contribution is 1.82. The van der Waals surface area contributed by atoms with Crippen LogP contribution in [0.4, 0.5) is 0 Å². The van der Waals surface area contributed by atoms with Crippen molar-refractivity contribution in [3.8, 4) is 0 Å². The van der Waals surface area contributed by atoms with Crippen LogP contribution in [-0.4, -0.2) is 24.4 Å². The van der Waals surface area contributed by atoms with Crippen LogP contribution < -0.4 is 10.6 Å². The Balaban J connectivity index is 3.72. The minimum atomic E-state index is -0.449. The van der Waals surface area contributed by atoms with Crippen molar-refractivity contribution in [3.63, 3.8) is 0 Å². The molecular weight excluding hydrogens is 144 g/mol. The third-order valence-corrected chi connectivity index (χ3v) is 1.14. The van der Waals surface area contributed by atoms with Gasteiger partial charge in [0, 0.05) is 6.04 Å². The molecule has 0 saturated carbocycles. The highest BCUT2D eigenvalue weighted by atomic mass is 16.2. The summed E-state index contributed by atoms with van der Waals surface area (Å²) in [4.78, 5) is 20.9. The van der Waals surface area contributed by atoms with Crippen LogP contribution in [0.2, 0.25) is 0 Å². The molecule has 0 aromatic carbocycles. The van der Waals surface area contributed by atoms with Gasteiger partial charge in [0.15, 0.2) is 0 Å². The van der Waals surface area contributed by atoms with Gasteiger partial charge in [0.1, 0.15) is 6.04 Å². The first kappa shape index (κ1) is 9.94. The van der Waals surface area contributed by atoms with Gasteiger partial charge < -0.3 is 10.6 Å². The van der Waals surface area contributed by atoms with Crippen molar-refractivity contribution in [1.29, 1.82) is 0 Å². The van der Waals surface area contributed by atoms with Gasteiger partial charge in [-0.2, -0.15) is 0 Å². The molecule has 2 amide bonds. The predicted molar refractivity (Wildman–Crippen MR) is 41.9 cm³/mol. The van der Waals surface area contributed by atoms with E-state index >= 15 is 0 Å². The molecule has 0 unspecified atom stereocenters. The van der Waals surface area contributed by atoms with Crippen LogP contribution in [0.25, 0.3) is 0 Å². The van der Waals surface area contributed by atoms with Gasteiger partial charge >= 0.3 is 0 Å². The lowest BCUT2D eigenvalue weighted by Gasteiger charge is -2.12. The van der Waals surface area contributed by atoms with Crippen molar-refractivity contribution in [2.24, 2.45) is 0 Å². The van der Waals surface area contributed by atoms with Gasteiger partial charge in [0.25, 0.3) is 0 Å². The predicted octanol–water partition coefficient (Wildman–Crippen LogP) is -0.355. The van der Waals surface area contributed by atoms with E-state index in [1.165, 1.54) is 0 Å². The second-order valence-electron chi connectivity index (χ2n) is 2.67. The van der Waals surface area contributed by atoms with Crippen LogP contribution in [0.5, 0.6) is 0 Å². The number of carbonyl (C=O) groups is 2. The van der Waals surface area contributed by atoms with E-state index in [1.807, 2.05) is 13.8 Å². The summed E-state index contributed by atoms with van der Waals surface area (Å²) in [6, 6.07) is -0.340. The first-order valence-corrected chi connectivity index (χ1v) is 3.58. The molecular formula is C7H14N2O2. The summed E-state index contributed by atoms with van der Waals surface area (Å²) in [7, 11) is 0. The van der Waals surface area contributed by atoms with Crippen LogP contribution in [0.1, 0.15) is 20.8 Å². The first-order chi connectivity index (χ1) is 5.07. The van der Waals surface area contributed by atoms with E-state index in [0.717, 1.165) is 0 Å². The maximum absolute atomic E-state index is 11.0. The van der Waals surface area contributed by atoms with E-state index in [9.17, 15) is 9.59 Å². The fourth-order valence-corrected chi connectivity index (χ4v) is 0.587. The molecule has 0 fully saturated rings. The van der Waals surface area contributed by atoms with Gasteiger partial charge in [-0.25, -0.2) is 0 Å². The highest BCUT2D eigenvalue weighted by Gasteiger charge is 2.10. The number of hydrogen-bond acceptors (Lipinski definition) is 2. The third-order valence-electron chi connectivity index (χ3n) is 1.14. The van der Waals surface area contributed by atoms with Crippen LogP contribution in [-0.2, 0) is 9.59 Å². The number of amides is 2. The van der Waals surface area contributed by atoms with E-state index in [2.05, 4.69) is 10.6 Å². The topological polar surface area (TPSA) is 58.2 Å². The molecule has 64 valence electrons. The zero-order valence-electron chi connectivity index (χ0n) is 7.05. The Morgan fingerprint density at radius 1 is 1.36 bits per heavy atom. The quantitative estimate of drug-likeness (QED) is 0.549. The Morgan fingerprint density at radius 2 is 1.91 bits per heavy atom. The summed E-state index contributed by atoms with van der Waals surface area (Å²) in [5, 5.41) is 5.03. The van der Waals surface area contributed by atoms with Crippen LogP contribution in [0, 0.1) is 0 Å². The maximum atomic E-state index is 11.0. The molecule has 0 aliphatic rings. The van der Waals surface area contributed by atoms with Crippen molar-refractivity contribution in [3.05, 3.63) is 0 Å². The third kappa shape index (κ3) is 4.36. The molecule has 0 spiro atoms. The molecule has 0 saturated heterocycles. The van der Waals surface area contributed by atoms with Crippen molar-refractivity contribution in [2.45, 2.75) is 32.9 Å². The summed E-state index contributed by atoms with van der Waals surface area (Å²) in [6.07, 6.45) is 0.518. The molecule has 0 aromatic heterocycles. The molecule has 11 heavy (non-hydrogen) atoms. The molecule has 4 nitrogen and oxygen atoms in total. The Hall–Kier alpha value is -1.06. The fourth-order valence-electron chi connectivity index (χ4n) is 0.587. The van der Waals surface area contributed by atoms with Crippen molar-refractivity contribution in [2.75, 3.05) is 0 Å². The minimum Gasteiger partial charge on any atom is -0.352 e. The lowest BCUT2D eigenvalue weighted by molar-refractivity contribution is -0.125. The number of carbonyl (C=O) groups excluding carboxylic acids is 2. The molecule has 4 heteroatoms. The van der Waals surface area contributed by atoms with Gasteiger partial charge in [0.2, 0.25) is 12.3 Å². The second-order valence-corrected chi connectivity index (χ2v) is 2.67. The summed E-state index contributed by atoms with van der Waals surface area (Å²) >= 11 is 0. The number of hydrogen-bond donors (Lipinski definition) is 2. The van der Waals surface area contributed by atoms with Crippen molar-refractivity contribution < 1.29 is 9.59 Å². The van der Waals surface area contributed by atoms with Crippen LogP contribution in [0.15, 0.2) is 0 Å². The summed E-state index contributed by atoms with van der Waals surface area (Å²) in [5.74, 6) is -0.160. The number of rotatable bonds is 4. The average Bonchev–Trinajstić information content (AvgIpc) is 1.86. The van der Waals surface area contributed by atoms with E-state index in [4.69, 9.17) is 0 Å². The van der Waals surface area contributed by atoms with Gasteiger partial charge in [0.05, 0.1) is 0 Å². The van der Waals surface area contributed by atoms with E-state index in [-0.39, 0.29) is 11.9 Å². The molecule has 1 atom stereocenters. The standard InChI is InChI=1S/C7H14N2O2/c1-5(2)9-7(11)6(3)8-4-10/h4-6H,1-3H3,(H,8,10)(H,9,11)/t6-/m0/s1. The van der Waals surface area contributed by atoms with E-state index in [0.29, 0.717) is 6.41 Å². The summed E-state index contributed by atoms with van der Waals surface area (Å²) < 4.78 is 0. The zero-order valence-corrected chi connectivity index (χ0v) is 7.05. The summed E-state index contributed by atoms with van der Waals surface area (Å²) in [5.41, 5.74) is 0. The van der Waals surface area contributed by atoms with E-state index < -0.39 is 6.04 Å². The molecule has 0 heterocycles. The maximum Gasteiger partial charge on any atom is 0.242 e. The van der Waals surface area contributed by atoms with Crippen LogP contribution in [0.3, 0.4) is 0 Å². The normalized spacial score (nSPS) is 12.4.